The molecule has 1 heterocycles. The number of nitriles is 1. The molecule has 1 aliphatic carbocycles. The fraction of sp³-hybridized carbons (Fsp3) is 0.929. The van der Waals surface area contributed by atoms with Crippen molar-refractivity contribution in [1.29, 1.82) is 5.26 Å². The summed E-state index contributed by atoms with van der Waals surface area (Å²) in [6.45, 7) is 4.05. The molecule has 4 unspecified atom stereocenters. The Bertz CT molecular complexity index is 265. The van der Waals surface area contributed by atoms with E-state index in [2.05, 4.69) is 16.7 Å². The van der Waals surface area contributed by atoms with E-state index in [0.717, 1.165) is 18.5 Å². The van der Waals surface area contributed by atoms with Crippen molar-refractivity contribution in [2.24, 2.45) is 11.8 Å². The molecule has 0 amide bonds. The average molecular weight is 235 g/mol. The lowest BCUT2D eigenvalue weighted by atomic mass is 9.79. The van der Waals surface area contributed by atoms with Crippen molar-refractivity contribution in [3.05, 3.63) is 0 Å². The van der Waals surface area contributed by atoms with Gasteiger partial charge >= 0.3 is 0 Å². The first-order valence-electron chi connectivity index (χ1n) is 7.17. The molecule has 1 saturated heterocycles. The van der Waals surface area contributed by atoms with Crippen LogP contribution < -0.4 is 10.6 Å². The topological polar surface area (TPSA) is 47.9 Å². The normalized spacial score (nSPS) is 35.4. The fourth-order valence-corrected chi connectivity index (χ4v) is 3.35. The molecule has 2 aliphatic rings. The largest absolute Gasteiger partial charge is 0.314 e. The quantitative estimate of drug-likeness (QED) is 0.784. The first-order chi connectivity index (χ1) is 8.31. The van der Waals surface area contributed by atoms with Crippen molar-refractivity contribution in [2.45, 2.75) is 57.5 Å². The van der Waals surface area contributed by atoms with Crippen LogP contribution in [0.5, 0.6) is 0 Å². The van der Waals surface area contributed by atoms with E-state index in [4.69, 9.17) is 5.26 Å². The lowest BCUT2D eigenvalue weighted by molar-refractivity contribution is 0.212. The van der Waals surface area contributed by atoms with Gasteiger partial charge in [0.05, 0.1) is 12.0 Å². The van der Waals surface area contributed by atoms with E-state index in [0.29, 0.717) is 6.04 Å². The standard InChI is InChI=1S/C14H25N3/c1-11(9-15)10-17-14-6-3-2-5-12(14)13-7-4-8-16-13/h11-14,16-17H,2-8,10H2,1H3. The van der Waals surface area contributed by atoms with Gasteiger partial charge in [-0.2, -0.15) is 5.26 Å². The Kier molecular flexibility index (Phi) is 4.82. The van der Waals surface area contributed by atoms with Gasteiger partial charge in [-0.05, 0) is 45.1 Å². The Hall–Kier alpha value is -0.590. The van der Waals surface area contributed by atoms with Crippen molar-refractivity contribution in [3.63, 3.8) is 0 Å². The van der Waals surface area contributed by atoms with Gasteiger partial charge < -0.3 is 10.6 Å². The van der Waals surface area contributed by atoms with Gasteiger partial charge in [0.1, 0.15) is 0 Å². The molecule has 3 nitrogen and oxygen atoms in total. The van der Waals surface area contributed by atoms with Gasteiger partial charge in [0.25, 0.3) is 0 Å². The van der Waals surface area contributed by atoms with Crippen LogP contribution in [0.4, 0.5) is 0 Å². The molecular formula is C14H25N3. The number of hydrogen-bond donors (Lipinski definition) is 2. The van der Waals surface area contributed by atoms with Crippen molar-refractivity contribution in [2.75, 3.05) is 13.1 Å². The highest BCUT2D eigenvalue weighted by Crippen LogP contribution is 2.30. The molecule has 0 aromatic heterocycles. The molecule has 2 N–H and O–H groups in total. The van der Waals surface area contributed by atoms with Crippen molar-refractivity contribution in [1.82, 2.24) is 10.6 Å². The van der Waals surface area contributed by atoms with Crippen LogP contribution in [0.15, 0.2) is 0 Å². The molecule has 96 valence electrons. The number of nitrogens with zero attached hydrogens (tertiary/aromatic N) is 1. The van der Waals surface area contributed by atoms with Crippen molar-refractivity contribution in [3.8, 4) is 6.07 Å². The maximum absolute atomic E-state index is 8.84. The molecule has 17 heavy (non-hydrogen) atoms. The first-order valence-corrected chi connectivity index (χ1v) is 7.17. The van der Waals surface area contributed by atoms with E-state index >= 15 is 0 Å². The van der Waals surface area contributed by atoms with Crippen LogP contribution in [0.25, 0.3) is 0 Å². The highest BCUT2D eigenvalue weighted by atomic mass is 15.0. The van der Waals surface area contributed by atoms with Crippen molar-refractivity contribution < 1.29 is 0 Å². The Morgan fingerprint density at radius 3 is 2.82 bits per heavy atom. The molecule has 2 rings (SSSR count). The summed E-state index contributed by atoms with van der Waals surface area (Å²) in [6, 6.07) is 3.67. The summed E-state index contributed by atoms with van der Waals surface area (Å²) < 4.78 is 0. The molecule has 1 aliphatic heterocycles. The molecule has 4 atom stereocenters. The van der Waals surface area contributed by atoms with Gasteiger partial charge in [-0.25, -0.2) is 0 Å². The van der Waals surface area contributed by atoms with Crippen LogP contribution in [-0.4, -0.2) is 25.2 Å². The van der Waals surface area contributed by atoms with Crippen LogP contribution in [-0.2, 0) is 0 Å². The van der Waals surface area contributed by atoms with E-state index in [1.54, 1.807) is 0 Å². The van der Waals surface area contributed by atoms with Gasteiger partial charge in [0.2, 0.25) is 0 Å². The zero-order chi connectivity index (χ0) is 12.1. The van der Waals surface area contributed by atoms with Gasteiger partial charge in [-0.3, -0.25) is 0 Å². The summed E-state index contributed by atoms with van der Waals surface area (Å²) in [5.41, 5.74) is 0. The molecule has 0 aromatic carbocycles. The third-order valence-electron chi connectivity index (χ3n) is 4.34. The molecule has 0 radical (unpaired) electrons. The van der Waals surface area contributed by atoms with Crippen LogP contribution >= 0.6 is 0 Å². The number of rotatable bonds is 4. The maximum atomic E-state index is 8.84. The Balaban J connectivity index is 1.85. The minimum atomic E-state index is 0.133. The third kappa shape index (κ3) is 3.43. The van der Waals surface area contributed by atoms with E-state index in [9.17, 15) is 0 Å². The molecule has 2 fully saturated rings. The van der Waals surface area contributed by atoms with Crippen LogP contribution in [0, 0.1) is 23.2 Å². The Morgan fingerprint density at radius 2 is 2.12 bits per heavy atom. The zero-order valence-corrected chi connectivity index (χ0v) is 10.9. The second-order valence-corrected chi connectivity index (χ2v) is 5.70. The van der Waals surface area contributed by atoms with Crippen LogP contribution in [0.1, 0.15) is 45.4 Å². The predicted molar refractivity (Wildman–Crippen MR) is 69.6 cm³/mol. The van der Waals surface area contributed by atoms with Gasteiger partial charge in [0, 0.05) is 18.6 Å². The lowest BCUT2D eigenvalue weighted by Crippen LogP contribution is -2.47. The second-order valence-electron chi connectivity index (χ2n) is 5.70. The predicted octanol–water partition coefficient (Wildman–Crippen LogP) is 2.05. The van der Waals surface area contributed by atoms with E-state index in [1.165, 1.54) is 45.1 Å². The van der Waals surface area contributed by atoms with Gasteiger partial charge in [-0.1, -0.05) is 12.8 Å². The minimum absolute atomic E-state index is 0.133. The summed E-state index contributed by atoms with van der Waals surface area (Å²) in [6.07, 6.45) is 8.06. The number of nitrogens with one attached hydrogen (secondary N) is 2. The Labute approximate surface area is 105 Å². The smallest absolute Gasteiger partial charge is 0.0666 e. The summed E-state index contributed by atoms with van der Waals surface area (Å²) in [5.74, 6) is 0.922. The summed E-state index contributed by atoms with van der Waals surface area (Å²) in [7, 11) is 0. The molecular weight excluding hydrogens is 210 g/mol. The van der Waals surface area contributed by atoms with Crippen LogP contribution in [0.3, 0.4) is 0 Å². The highest BCUT2D eigenvalue weighted by Gasteiger charge is 2.32. The summed E-state index contributed by atoms with van der Waals surface area (Å²) in [4.78, 5) is 0. The van der Waals surface area contributed by atoms with E-state index in [1.807, 2.05) is 6.92 Å². The highest BCUT2D eigenvalue weighted by molar-refractivity contribution is 4.92. The average Bonchev–Trinajstić information content (AvgIpc) is 2.90. The monoisotopic (exact) mass is 235 g/mol. The summed E-state index contributed by atoms with van der Waals surface area (Å²) in [5, 5.41) is 16.1. The zero-order valence-electron chi connectivity index (χ0n) is 10.9. The molecule has 1 saturated carbocycles. The molecule has 0 bridgehead atoms. The van der Waals surface area contributed by atoms with E-state index < -0.39 is 0 Å². The maximum Gasteiger partial charge on any atom is 0.0666 e. The first kappa shape index (κ1) is 12.9. The Morgan fingerprint density at radius 1 is 1.29 bits per heavy atom. The van der Waals surface area contributed by atoms with E-state index in [-0.39, 0.29) is 5.92 Å². The van der Waals surface area contributed by atoms with Crippen LogP contribution in [0.2, 0.25) is 0 Å². The minimum Gasteiger partial charge on any atom is -0.314 e. The number of hydrogen-bond acceptors (Lipinski definition) is 3. The van der Waals surface area contributed by atoms with Crippen molar-refractivity contribution >= 4 is 0 Å². The molecule has 0 aromatic rings. The summed E-state index contributed by atoms with van der Waals surface area (Å²) >= 11 is 0. The van der Waals surface area contributed by atoms with Gasteiger partial charge in [0.15, 0.2) is 0 Å². The SMILES string of the molecule is CC(C#N)CNC1CCCCC1C1CCCN1. The van der Waals surface area contributed by atoms with Gasteiger partial charge in [-0.15, -0.1) is 0 Å². The lowest BCUT2D eigenvalue weighted by Gasteiger charge is -2.36. The fourth-order valence-electron chi connectivity index (χ4n) is 3.35. The third-order valence-corrected chi connectivity index (χ3v) is 4.34. The second kappa shape index (κ2) is 6.37. The molecule has 0 spiro atoms. The molecule has 3 heteroatoms.